The maximum Gasteiger partial charge on any atom is 0.270 e. The molecule has 0 unspecified atom stereocenters. The van der Waals surface area contributed by atoms with Crippen LogP contribution in [0.4, 0.5) is 5.69 Å². The zero-order valence-corrected chi connectivity index (χ0v) is 46.6. The predicted molar refractivity (Wildman–Crippen MR) is 307 cm³/mol. The van der Waals surface area contributed by atoms with Crippen molar-refractivity contribution in [2.45, 2.75) is 161 Å². The average Bonchev–Trinajstić information content (AvgIpc) is 3.55. The lowest BCUT2D eigenvalue weighted by molar-refractivity contribution is -0.419. The molecule has 0 saturated heterocycles. The summed E-state index contributed by atoms with van der Waals surface area (Å²) >= 11 is 0. The zero-order valence-electron chi connectivity index (χ0n) is 46.6. The molecule has 74 heavy (non-hydrogen) atoms. The molecular weight excluding hydrogens is 913 g/mol. The first-order chi connectivity index (χ1) is 35.0. The quantitative estimate of drug-likeness (QED) is 0.0254. The summed E-state index contributed by atoms with van der Waals surface area (Å²) in [5.41, 5.74) is 11.6. The van der Waals surface area contributed by atoms with Gasteiger partial charge in [-0.15, -0.1) is 0 Å². The van der Waals surface area contributed by atoms with Gasteiger partial charge in [0.25, 0.3) is 5.70 Å². The summed E-state index contributed by atoms with van der Waals surface area (Å²) in [5.74, 6) is 1.52. The van der Waals surface area contributed by atoms with Gasteiger partial charge in [0.15, 0.2) is 5.78 Å². The third-order valence-corrected chi connectivity index (χ3v) is 15.3. The summed E-state index contributed by atoms with van der Waals surface area (Å²) in [6, 6.07) is 43.2. The zero-order chi connectivity index (χ0) is 53.5. The number of nitrogens with zero attached hydrogens (tertiary/aromatic N) is 2. The molecule has 0 atom stereocenters. The number of ether oxygens (including phenoxy) is 2. The smallest absolute Gasteiger partial charge is 0.270 e. The van der Waals surface area contributed by atoms with Crippen LogP contribution in [0.3, 0.4) is 0 Å². The van der Waals surface area contributed by atoms with Crippen LogP contribution < -0.4 is 14.4 Å². The molecule has 0 N–H and O–H groups in total. The molecule has 2 aliphatic rings. The first-order valence-corrected chi connectivity index (χ1v) is 27.1. The molecule has 0 bridgehead atoms. The number of benzene rings is 5. The van der Waals surface area contributed by atoms with E-state index in [0.717, 1.165) is 54.1 Å². The summed E-state index contributed by atoms with van der Waals surface area (Å²) in [6.45, 7) is 26.2. The van der Waals surface area contributed by atoms with Crippen LogP contribution >= 0.6 is 0 Å². The fourth-order valence-electron chi connectivity index (χ4n) is 10.6. The molecule has 0 aromatic heterocycles. The van der Waals surface area contributed by atoms with Crippen LogP contribution in [0.15, 0.2) is 163 Å². The summed E-state index contributed by atoms with van der Waals surface area (Å²) in [7, 11) is 2.01. The highest BCUT2D eigenvalue weighted by atomic mass is 16.6. The van der Waals surface area contributed by atoms with Gasteiger partial charge in [-0.25, -0.2) is 0 Å². The summed E-state index contributed by atoms with van der Waals surface area (Å²) in [6.07, 6.45) is 17.9. The molecular formula is C67H82N2O5. The molecule has 5 aromatic rings. The largest absolute Gasteiger partial charge is 0.494 e. The number of hydrogen-bond donors (Lipinski definition) is 0. The Labute approximate surface area is 443 Å². The monoisotopic (exact) mass is 995 g/mol. The molecule has 1 aliphatic carbocycles. The van der Waals surface area contributed by atoms with E-state index in [9.17, 15) is 14.9 Å². The van der Waals surface area contributed by atoms with Crippen LogP contribution in [0.2, 0.25) is 0 Å². The molecule has 0 amide bonds. The van der Waals surface area contributed by atoms with Gasteiger partial charge in [-0.05, 0) is 122 Å². The van der Waals surface area contributed by atoms with E-state index in [1.165, 1.54) is 89.3 Å². The van der Waals surface area contributed by atoms with Crippen LogP contribution in [0.5, 0.6) is 11.5 Å². The molecule has 0 radical (unpaired) electrons. The number of allylic oxidation sites excluding steroid dienone is 7. The SMILES string of the molecule is CN1/C(=C\C=C2\C=C([N+](=O)[O-])C=CC2=O)C(C)(C)c2cc(OCCCCCCCCCCCOc3ccc(C(c4ccc(C(C)(C)C)cc4)(c4ccc(C(C)(C)C)cc4)c4ccc(C(C)(C)C)cc4)cc3)ccc21. The standard InChI is InChI=1S/C67H82N2O5/c1-63(2,3)49-23-29-52(30-24-49)67(53-31-25-50(26-32-53)64(4,5)6,54-33-27-51(28-34-54)65(7,8)9)55-35-38-57(39-36-55)73-44-20-18-16-14-13-15-17-19-21-45-74-58-40-41-60-59(47-58)66(10,11)62(68(60)12)43-22-48-46-56(69(71)72)37-42-61(48)70/h22-43,46-47H,13-21,44-45H2,1-12H3/b48-22-,62-43-. The second-order valence-electron chi connectivity index (χ2n) is 24.2. The molecule has 5 aromatic carbocycles. The van der Waals surface area contributed by atoms with Crippen LogP contribution in [-0.4, -0.2) is 31.0 Å². The van der Waals surface area contributed by atoms with Crippen LogP contribution in [-0.2, 0) is 31.9 Å². The van der Waals surface area contributed by atoms with Gasteiger partial charge in [-0.3, -0.25) is 14.9 Å². The molecule has 1 heterocycles. The minimum Gasteiger partial charge on any atom is -0.494 e. The van der Waals surface area contributed by atoms with E-state index in [1.54, 1.807) is 6.08 Å². The van der Waals surface area contributed by atoms with Gasteiger partial charge in [0.1, 0.15) is 11.5 Å². The minimum atomic E-state index is -0.549. The van der Waals surface area contributed by atoms with Crippen molar-refractivity contribution in [3.8, 4) is 11.5 Å². The van der Waals surface area contributed by atoms with Gasteiger partial charge in [-0.2, -0.15) is 0 Å². The van der Waals surface area contributed by atoms with E-state index in [1.807, 2.05) is 19.2 Å². The second-order valence-corrected chi connectivity index (χ2v) is 24.2. The van der Waals surface area contributed by atoms with Crippen molar-refractivity contribution in [1.29, 1.82) is 0 Å². The van der Waals surface area contributed by atoms with E-state index in [0.29, 0.717) is 18.8 Å². The normalized spacial score (nSPS) is 15.9. The van der Waals surface area contributed by atoms with Crippen molar-refractivity contribution >= 4 is 11.5 Å². The van der Waals surface area contributed by atoms with Crippen LogP contribution in [0.25, 0.3) is 0 Å². The Morgan fingerprint density at radius 3 is 1.32 bits per heavy atom. The number of ketones is 1. The number of rotatable bonds is 20. The number of hydrogen-bond acceptors (Lipinski definition) is 6. The topological polar surface area (TPSA) is 81.9 Å². The number of fused-ring (bicyclic) bond motifs is 1. The van der Waals surface area contributed by atoms with E-state index >= 15 is 0 Å². The average molecular weight is 995 g/mol. The molecule has 0 fully saturated rings. The molecule has 7 heteroatoms. The third kappa shape index (κ3) is 12.7. The van der Waals surface area contributed by atoms with Gasteiger partial charge >= 0.3 is 0 Å². The lowest BCUT2D eigenvalue weighted by Crippen LogP contribution is -2.31. The maximum absolute atomic E-state index is 12.4. The molecule has 0 spiro atoms. The van der Waals surface area contributed by atoms with Crippen molar-refractivity contribution in [2.75, 3.05) is 25.2 Å². The first-order valence-electron chi connectivity index (χ1n) is 27.1. The van der Waals surface area contributed by atoms with Crippen molar-refractivity contribution in [3.63, 3.8) is 0 Å². The summed E-state index contributed by atoms with van der Waals surface area (Å²) in [5, 5.41) is 11.3. The minimum absolute atomic E-state index is 0.0476. The van der Waals surface area contributed by atoms with E-state index in [-0.39, 0.29) is 33.1 Å². The van der Waals surface area contributed by atoms with Gasteiger partial charge in [-0.1, -0.05) is 206 Å². The van der Waals surface area contributed by atoms with Gasteiger partial charge in [0.05, 0.1) is 23.6 Å². The fraction of sp³-hybridized carbons (Fsp3) is 0.418. The molecule has 1 aliphatic heterocycles. The highest BCUT2D eigenvalue weighted by Gasteiger charge is 2.40. The number of carbonyl (C=O) groups excluding carboxylic acids is 1. The summed E-state index contributed by atoms with van der Waals surface area (Å²) < 4.78 is 12.6. The molecule has 7 nitrogen and oxygen atoms in total. The number of anilines is 1. The summed E-state index contributed by atoms with van der Waals surface area (Å²) in [4.78, 5) is 25.4. The Bertz CT molecular complexity index is 2720. The Morgan fingerprint density at radius 1 is 0.527 bits per heavy atom. The van der Waals surface area contributed by atoms with Gasteiger partial charge in [0, 0.05) is 41.6 Å². The van der Waals surface area contributed by atoms with E-state index in [2.05, 4.69) is 190 Å². The van der Waals surface area contributed by atoms with Crippen molar-refractivity contribution in [2.24, 2.45) is 0 Å². The van der Waals surface area contributed by atoms with Gasteiger partial charge in [0.2, 0.25) is 0 Å². The Morgan fingerprint density at radius 2 is 0.905 bits per heavy atom. The highest BCUT2D eigenvalue weighted by molar-refractivity contribution is 6.07. The second kappa shape index (κ2) is 23.0. The van der Waals surface area contributed by atoms with Crippen molar-refractivity contribution in [1.82, 2.24) is 0 Å². The third-order valence-electron chi connectivity index (χ3n) is 15.3. The fourth-order valence-corrected chi connectivity index (χ4v) is 10.6. The van der Waals surface area contributed by atoms with Gasteiger partial charge < -0.3 is 14.4 Å². The number of carbonyl (C=O) groups is 1. The van der Waals surface area contributed by atoms with Crippen LogP contribution in [0.1, 0.15) is 178 Å². The number of nitro groups is 1. The lowest BCUT2D eigenvalue weighted by Gasteiger charge is -2.38. The number of likely N-dealkylation sites (N-methyl/N-ethyl adjacent to an activating group) is 1. The Balaban J connectivity index is 0.883. The highest BCUT2D eigenvalue weighted by Crippen LogP contribution is 2.49. The van der Waals surface area contributed by atoms with Crippen molar-refractivity contribution < 1.29 is 19.2 Å². The van der Waals surface area contributed by atoms with E-state index in [4.69, 9.17) is 9.47 Å². The molecule has 0 saturated carbocycles. The predicted octanol–water partition coefficient (Wildman–Crippen LogP) is 16.8. The Hall–Kier alpha value is -6.47. The van der Waals surface area contributed by atoms with Crippen molar-refractivity contribution in [3.05, 3.63) is 217 Å². The molecule has 7 rings (SSSR count). The maximum atomic E-state index is 12.4. The first kappa shape index (κ1) is 55.3. The molecule has 390 valence electrons. The van der Waals surface area contributed by atoms with Crippen LogP contribution in [0, 0.1) is 10.1 Å². The Kier molecular flexibility index (Phi) is 17.2. The lowest BCUT2D eigenvalue weighted by atomic mass is 9.64. The number of unbranched alkanes of at least 4 members (excludes halogenated alkanes) is 8. The van der Waals surface area contributed by atoms with E-state index < -0.39 is 10.3 Å².